The third kappa shape index (κ3) is 9.42. The third-order valence-corrected chi connectivity index (χ3v) is 7.00. The summed E-state index contributed by atoms with van der Waals surface area (Å²) >= 11 is 0. The van der Waals surface area contributed by atoms with Crippen LogP contribution < -0.4 is 0 Å². The molecule has 1 aromatic carbocycles. The maximum absolute atomic E-state index is 11.0. The Kier molecular flexibility index (Phi) is 12.0. The summed E-state index contributed by atoms with van der Waals surface area (Å²) in [6.45, 7) is 7.98. The molecule has 0 spiro atoms. The maximum atomic E-state index is 11.0. The number of unbranched alkanes of at least 4 members (excludes halogenated alkanes) is 9. The van der Waals surface area contributed by atoms with Gasteiger partial charge in [0, 0.05) is 19.7 Å². The van der Waals surface area contributed by atoms with Crippen molar-refractivity contribution in [1.29, 1.82) is 0 Å². The molecule has 2 saturated heterocycles. The predicted octanol–water partition coefficient (Wildman–Crippen LogP) is 5.66. The molecule has 1 aromatic rings. The first-order chi connectivity index (χ1) is 16.9. The number of fused-ring (bicyclic) bond motifs is 1. The molecule has 2 aliphatic rings. The van der Waals surface area contributed by atoms with Gasteiger partial charge in [0.05, 0.1) is 6.10 Å². The highest BCUT2D eigenvalue weighted by atomic mass is 16.8. The van der Waals surface area contributed by atoms with Crippen molar-refractivity contribution in [1.82, 2.24) is 4.90 Å². The number of likely N-dealkylation sites (N-methyl/N-ethyl adjacent to an activating group) is 1. The smallest absolute Gasteiger partial charge is 0.187 e. The van der Waals surface area contributed by atoms with Gasteiger partial charge in [-0.15, -0.1) is 0 Å². The molecule has 1 N–H and O–H groups in total. The van der Waals surface area contributed by atoms with E-state index in [1.807, 2.05) is 39.1 Å². The highest BCUT2D eigenvalue weighted by Crippen LogP contribution is 2.40. The van der Waals surface area contributed by atoms with Crippen molar-refractivity contribution in [2.45, 2.75) is 128 Å². The highest BCUT2D eigenvalue weighted by molar-refractivity contribution is 5.14. The van der Waals surface area contributed by atoms with Gasteiger partial charge in [0.1, 0.15) is 18.3 Å². The average Bonchev–Trinajstić information content (AvgIpc) is 3.31. The second-order valence-electron chi connectivity index (χ2n) is 10.8. The molecule has 2 aliphatic heterocycles. The van der Waals surface area contributed by atoms with Gasteiger partial charge in [0.2, 0.25) is 0 Å². The van der Waals surface area contributed by atoms with Gasteiger partial charge in [0.15, 0.2) is 12.1 Å². The molecule has 6 nitrogen and oxygen atoms in total. The molecule has 2 fully saturated rings. The van der Waals surface area contributed by atoms with E-state index in [1.165, 1.54) is 63.4 Å². The van der Waals surface area contributed by atoms with Crippen LogP contribution in [0.2, 0.25) is 0 Å². The summed E-state index contributed by atoms with van der Waals surface area (Å²) in [5.41, 5.74) is 1.21. The molecule has 2 heterocycles. The zero-order valence-corrected chi connectivity index (χ0v) is 22.5. The van der Waals surface area contributed by atoms with Crippen LogP contribution in [-0.2, 0) is 25.5 Å². The van der Waals surface area contributed by atoms with Crippen molar-refractivity contribution in [3.05, 3.63) is 35.9 Å². The van der Waals surface area contributed by atoms with Gasteiger partial charge in [-0.3, -0.25) is 4.90 Å². The van der Waals surface area contributed by atoms with Crippen LogP contribution in [0.3, 0.4) is 0 Å². The fraction of sp³-hybridized carbons (Fsp3) is 0.793. The van der Waals surface area contributed by atoms with Gasteiger partial charge >= 0.3 is 0 Å². The monoisotopic (exact) mass is 491 g/mol. The normalized spacial score (nSPS) is 26.3. The minimum absolute atomic E-state index is 0.313. The van der Waals surface area contributed by atoms with Gasteiger partial charge in [-0.2, -0.15) is 0 Å². The van der Waals surface area contributed by atoms with Crippen LogP contribution in [0, 0.1) is 0 Å². The zero-order chi connectivity index (χ0) is 25.1. The first-order valence-electron chi connectivity index (χ1n) is 13.9. The van der Waals surface area contributed by atoms with Crippen molar-refractivity contribution < 1.29 is 24.1 Å². The van der Waals surface area contributed by atoms with Crippen LogP contribution in [0.5, 0.6) is 0 Å². The Hall–Kier alpha value is -1.02. The summed E-state index contributed by atoms with van der Waals surface area (Å²) in [4.78, 5) is 2.11. The van der Waals surface area contributed by atoms with Gasteiger partial charge in [-0.25, -0.2) is 0 Å². The van der Waals surface area contributed by atoms with Crippen LogP contribution in [0.25, 0.3) is 0 Å². The number of hydrogen-bond acceptors (Lipinski definition) is 6. The van der Waals surface area contributed by atoms with E-state index in [0.29, 0.717) is 13.2 Å². The molecule has 0 saturated carbocycles. The molecule has 6 heteroatoms. The predicted molar refractivity (Wildman–Crippen MR) is 139 cm³/mol. The Morgan fingerprint density at radius 3 is 2.17 bits per heavy atom. The summed E-state index contributed by atoms with van der Waals surface area (Å²) in [6.07, 6.45) is 10.6. The first-order valence-corrected chi connectivity index (χ1v) is 13.9. The summed E-state index contributed by atoms with van der Waals surface area (Å²) < 4.78 is 24.5. The average molecular weight is 492 g/mol. The molecule has 35 heavy (non-hydrogen) atoms. The van der Waals surface area contributed by atoms with Crippen molar-refractivity contribution >= 4 is 0 Å². The summed E-state index contributed by atoms with van der Waals surface area (Å²) in [7, 11) is 2.01. The molecule has 5 atom stereocenters. The fourth-order valence-corrected chi connectivity index (χ4v) is 5.21. The lowest BCUT2D eigenvalue weighted by Crippen LogP contribution is -2.44. The van der Waals surface area contributed by atoms with Crippen LogP contribution in [0.4, 0.5) is 0 Å². The summed E-state index contributed by atoms with van der Waals surface area (Å²) in [6, 6.07) is 10.3. The molecule has 0 aliphatic carbocycles. The minimum atomic E-state index is -0.703. The highest BCUT2D eigenvalue weighted by Gasteiger charge is 2.57. The molecule has 0 bridgehead atoms. The van der Waals surface area contributed by atoms with Gasteiger partial charge < -0.3 is 24.1 Å². The number of ether oxygens (including phenoxy) is 4. The molecular weight excluding hydrogens is 442 g/mol. The van der Waals surface area contributed by atoms with E-state index < -0.39 is 24.3 Å². The number of aliphatic hydroxyl groups excluding tert-OH is 1. The van der Waals surface area contributed by atoms with Crippen LogP contribution >= 0.6 is 0 Å². The molecule has 200 valence electrons. The van der Waals surface area contributed by atoms with E-state index in [4.69, 9.17) is 18.9 Å². The summed E-state index contributed by atoms with van der Waals surface area (Å²) in [5.74, 6) is -0.703. The standard InChI is InChI=1S/C29H49NO5/c1-5-6-7-8-9-10-11-12-13-17-20-32-28-27-26(34-29(2,3)35-27)25(33-28)24(31)22-30(4)21-23-18-15-14-16-19-23/h14-16,18-19,24-28,31H,5-13,17,20-22H2,1-4H3/t24-,25-,26+,27+,28+/m1/s1. The number of nitrogens with zero attached hydrogens (tertiary/aromatic N) is 1. The van der Waals surface area contributed by atoms with Crippen molar-refractivity contribution in [3.63, 3.8) is 0 Å². The number of hydrogen-bond donors (Lipinski definition) is 1. The second kappa shape index (κ2) is 14.7. The first kappa shape index (κ1) is 28.5. The van der Waals surface area contributed by atoms with E-state index in [-0.39, 0.29) is 12.2 Å². The topological polar surface area (TPSA) is 60.4 Å². The van der Waals surface area contributed by atoms with Crippen LogP contribution in [0.15, 0.2) is 30.3 Å². The lowest BCUT2D eigenvalue weighted by Gasteiger charge is -2.28. The maximum Gasteiger partial charge on any atom is 0.187 e. The lowest BCUT2D eigenvalue weighted by atomic mass is 10.1. The third-order valence-electron chi connectivity index (χ3n) is 7.00. The van der Waals surface area contributed by atoms with E-state index in [0.717, 1.165) is 13.0 Å². The van der Waals surface area contributed by atoms with E-state index in [2.05, 4.69) is 24.0 Å². The van der Waals surface area contributed by atoms with Gasteiger partial charge in [0.25, 0.3) is 0 Å². The molecule has 0 aromatic heterocycles. The quantitative estimate of drug-likeness (QED) is 0.284. The largest absolute Gasteiger partial charge is 0.389 e. The van der Waals surface area contributed by atoms with Crippen LogP contribution in [-0.4, -0.2) is 66.7 Å². The Balaban J connectivity index is 1.38. The Morgan fingerprint density at radius 1 is 0.914 bits per heavy atom. The molecular formula is C29H49NO5. The molecule has 0 radical (unpaired) electrons. The van der Waals surface area contributed by atoms with Crippen molar-refractivity contribution in [3.8, 4) is 0 Å². The van der Waals surface area contributed by atoms with Gasteiger partial charge in [-0.1, -0.05) is 95.0 Å². The van der Waals surface area contributed by atoms with E-state index >= 15 is 0 Å². The fourth-order valence-electron chi connectivity index (χ4n) is 5.21. The second-order valence-corrected chi connectivity index (χ2v) is 10.8. The van der Waals surface area contributed by atoms with E-state index in [1.54, 1.807) is 0 Å². The minimum Gasteiger partial charge on any atom is -0.389 e. The molecule has 0 amide bonds. The Labute approximate surface area is 213 Å². The number of aliphatic hydroxyl groups is 1. The number of benzene rings is 1. The van der Waals surface area contributed by atoms with E-state index in [9.17, 15) is 5.11 Å². The Bertz CT molecular complexity index is 700. The zero-order valence-electron chi connectivity index (χ0n) is 22.5. The molecule has 3 rings (SSSR count). The number of rotatable bonds is 17. The van der Waals surface area contributed by atoms with Gasteiger partial charge in [-0.05, 0) is 32.9 Å². The Morgan fingerprint density at radius 2 is 1.51 bits per heavy atom. The van der Waals surface area contributed by atoms with Crippen LogP contribution in [0.1, 0.15) is 90.5 Å². The van der Waals surface area contributed by atoms with Crippen molar-refractivity contribution in [2.24, 2.45) is 0 Å². The summed E-state index contributed by atoms with van der Waals surface area (Å²) in [5, 5.41) is 11.0. The van der Waals surface area contributed by atoms with Crippen molar-refractivity contribution in [2.75, 3.05) is 20.2 Å². The SMILES string of the molecule is CCCCCCCCCCCCO[C@H]1O[C@H]([C@H](O)CN(C)Cc2ccccc2)[C@@H]2OC(C)(C)O[C@H]12. The lowest BCUT2D eigenvalue weighted by molar-refractivity contribution is -0.243. The molecule has 0 unspecified atom stereocenters.